The fraction of sp³-hybridized carbons (Fsp3) is 0.0286. The summed E-state index contributed by atoms with van der Waals surface area (Å²) in [6.07, 6.45) is 4.83. The third-order valence-electron chi connectivity index (χ3n) is 8.10. The standard InChI is InChI=1S/C35H22/c1-2-10-24-23(9-1)17-18-28-27(24)19-20-34-31(28)21-22-35(34)32-15-7-5-13-29(32)25-11-3-4-12-26(25)30-14-6-8-16-33(30)35/h1-22H. The number of rotatable bonds is 0. The lowest BCUT2D eigenvalue weighted by Gasteiger charge is -2.33. The molecule has 0 saturated carbocycles. The summed E-state index contributed by atoms with van der Waals surface area (Å²) in [4.78, 5) is 0. The molecule has 0 radical (unpaired) electrons. The quantitative estimate of drug-likeness (QED) is 0.206. The summed E-state index contributed by atoms with van der Waals surface area (Å²) in [7, 11) is 0. The Labute approximate surface area is 204 Å². The Morgan fingerprint density at radius 2 is 0.943 bits per heavy atom. The van der Waals surface area contributed by atoms with Crippen molar-refractivity contribution >= 4 is 27.6 Å². The van der Waals surface area contributed by atoms with Crippen LogP contribution in [0.25, 0.3) is 49.9 Å². The second-order valence-electron chi connectivity index (χ2n) is 9.69. The van der Waals surface area contributed by atoms with Crippen molar-refractivity contribution in [3.63, 3.8) is 0 Å². The Hall–Kier alpha value is -4.42. The van der Waals surface area contributed by atoms with Crippen LogP contribution in [0.15, 0.2) is 127 Å². The molecule has 6 aromatic carbocycles. The van der Waals surface area contributed by atoms with Crippen LogP contribution in [-0.4, -0.2) is 0 Å². The van der Waals surface area contributed by atoms with Gasteiger partial charge in [0.15, 0.2) is 0 Å². The molecule has 6 aromatic rings. The van der Waals surface area contributed by atoms with E-state index in [0.717, 1.165) is 0 Å². The summed E-state index contributed by atoms with van der Waals surface area (Å²) in [5.74, 6) is 0. The maximum Gasteiger partial charge on any atom is 0.0653 e. The van der Waals surface area contributed by atoms with E-state index in [9.17, 15) is 0 Å². The second-order valence-corrected chi connectivity index (χ2v) is 9.69. The highest BCUT2D eigenvalue weighted by Gasteiger charge is 2.43. The molecule has 162 valence electrons. The molecular weight excluding hydrogens is 420 g/mol. The Balaban J connectivity index is 1.53. The number of fused-ring (bicyclic) bond motifs is 13. The minimum atomic E-state index is -0.332. The molecule has 8 rings (SSSR count). The van der Waals surface area contributed by atoms with Gasteiger partial charge in [0.25, 0.3) is 0 Å². The SMILES string of the molecule is C1=CC2(c3ccccc3-c3ccccc3-c3ccccc32)c2ccc3c(ccc4ccccc43)c21. The zero-order chi connectivity index (χ0) is 23.0. The van der Waals surface area contributed by atoms with E-state index >= 15 is 0 Å². The van der Waals surface area contributed by atoms with Crippen LogP contribution in [0.2, 0.25) is 0 Å². The maximum absolute atomic E-state index is 2.45. The maximum atomic E-state index is 2.45. The Morgan fingerprint density at radius 1 is 0.371 bits per heavy atom. The topological polar surface area (TPSA) is 0 Å². The largest absolute Gasteiger partial charge is 0.0653 e. The number of hydrogen-bond donors (Lipinski definition) is 0. The molecule has 0 aromatic heterocycles. The number of hydrogen-bond acceptors (Lipinski definition) is 0. The van der Waals surface area contributed by atoms with Gasteiger partial charge in [0.05, 0.1) is 5.41 Å². The number of allylic oxidation sites excluding steroid dienone is 1. The molecule has 0 nitrogen and oxygen atoms in total. The summed E-state index contributed by atoms with van der Waals surface area (Å²) in [5, 5.41) is 5.25. The minimum Gasteiger partial charge on any atom is -0.0645 e. The lowest BCUT2D eigenvalue weighted by atomic mass is 9.69. The van der Waals surface area contributed by atoms with Crippen molar-refractivity contribution in [1.82, 2.24) is 0 Å². The summed E-state index contributed by atoms with van der Waals surface area (Å²) >= 11 is 0. The van der Waals surface area contributed by atoms with Gasteiger partial charge in [-0.15, -0.1) is 0 Å². The highest BCUT2D eigenvalue weighted by atomic mass is 14.4. The first-order chi connectivity index (χ1) is 17.4. The van der Waals surface area contributed by atoms with E-state index in [4.69, 9.17) is 0 Å². The predicted octanol–water partition coefficient (Wildman–Crippen LogP) is 9.00. The van der Waals surface area contributed by atoms with Gasteiger partial charge in [0, 0.05) is 0 Å². The van der Waals surface area contributed by atoms with E-state index in [2.05, 4.69) is 133 Å². The molecule has 0 heteroatoms. The van der Waals surface area contributed by atoms with Crippen LogP contribution in [0.3, 0.4) is 0 Å². The molecule has 0 fully saturated rings. The summed E-state index contributed by atoms with van der Waals surface area (Å²) in [6.45, 7) is 0. The van der Waals surface area contributed by atoms with Gasteiger partial charge in [0.1, 0.15) is 0 Å². The molecule has 0 unspecified atom stereocenters. The Morgan fingerprint density at radius 3 is 1.66 bits per heavy atom. The predicted molar refractivity (Wildman–Crippen MR) is 148 cm³/mol. The highest BCUT2D eigenvalue weighted by molar-refractivity contribution is 6.11. The monoisotopic (exact) mass is 442 g/mol. The van der Waals surface area contributed by atoms with Gasteiger partial charge in [-0.2, -0.15) is 0 Å². The lowest BCUT2D eigenvalue weighted by molar-refractivity contribution is 0.803. The molecule has 1 spiro atoms. The summed E-state index contributed by atoms with van der Waals surface area (Å²) < 4.78 is 0. The normalized spacial score (nSPS) is 14.4. The van der Waals surface area contributed by atoms with Crippen molar-refractivity contribution < 1.29 is 0 Å². The van der Waals surface area contributed by atoms with Crippen LogP contribution in [0.1, 0.15) is 22.3 Å². The van der Waals surface area contributed by atoms with Gasteiger partial charge >= 0.3 is 0 Å². The van der Waals surface area contributed by atoms with Crippen LogP contribution in [0, 0.1) is 0 Å². The van der Waals surface area contributed by atoms with Crippen molar-refractivity contribution in [3.05, 3.63) is 150 Å². The second kappa shape index (κ2) is 6.81. The van der Waals surface area contributed by atoms with Crippen LogP contribution < -0.4 is 0 Å². The summed E-state index contributed by atoms with van der Waals surface area (Å²) in [5.41, 5.74) is 10.3. The molecule has 2 aliphatic carbocycles. The van der Waals surface area contributed by atoms with Crippen LogP contribution >= 0.6 is 0 Å². The van der Waals surface area contributed by atoms with Gasteiger partial charge in [-0.3, -0.25) is 0 Å². The molecule has 0 aliphatic heterocycles. The van der Waals surface area contributed by atoms with Crippen molar-refractivity contribution in [2.75, 3.05) is 0 Å². The van der Waals surface area contributed by atoms with Gasteiger partial charge in [0.2, 0.25) is 0 Å². The molecule has 0 N–H and O–H groups in total. The van der Waals surface area contributed by atoms with E-state index in [0.29, 0.717) is 0 Å². The smallest absolute Gasteiger partial charge is 0.0645 e. The third-order valence-corrected chi connectivity index (χ3v) is 8.10. The van der Waals surface area contributed by atoms with E-state index in [1.807, 2.05) is 0 Å². The van der Waals surface area contributed by atoms with E-state index < -0.39 is 0 Å². The first-order valence-electron chi connectivity index (χ1n) is 12.3. The molecule has 0 atom stereocenters. The van der Waals surface area contributed by atoms with Crippen LogP contribution in [0.5, 0.6) is 0 Å². The van der Waals surface area contributed by atoms with Gasteiger partial charge in [-0.05, 0) is 66.1 Å². The van der Waals surface area contributed by atoms with Crippen LogP contribution in [0.4, 0.5) is 0 Å². The molecule has 0 bridgehead atoms. The first-order valence-corrected chi connectivity index (χ1v) is 12.3. The van der Waals surface area contributed by atoms with Gasteiger partial charge in [-0.1, -0.05) is 133 Å². The molecular formula is C35H22. The average Bonchev–Trinajstić information content (AvgIpc) is 3.29. The Kier molecular flexibility index (Phi) is 3.68. The molecule has 0 amide bonds. The zero-order valence-electron chi connectivity index (χ0n) is 19.2. The average molecular weight is 443 g/mol. The summed E-state index contributed by atoms with van der Waals surface area (Å²) in [6, 6.07) is 44.8. The van der Waals surface area contributed by atoms with Gasteiger partial charge < -0.3 is 0 Å². The number of benzene rings is 6. The van der Waals surface area contributed by atoms with E-state index in [1.165, 1.54) is 66.1 Å². The lowest BCUT2D eigenvalue weighted by Crippen LogP contribution is -2.26. The van der Waals surface area contributed by atoms with Crippen molar-refractivity contribution in [1.29, 1.82) is 0 Å². The fourth-order valence-corrected chi connectivity index (χ4v) is 6.62. The minimum absolute atomic E-state index is 0.332. The van der Waals surface area contributed by atoms with Gasteiger partial charge in [-0.25, -0.2) is 0 Å². The molecule has 0 heterocycles. The first kappa shape index (κ1) is 18.9. The van der Waals surface area contributed by atoms with Crippen LogP contribution in [-0.2, 0) is 5.41 Å². The molecule has 0 saturated heterocycles. The van der Waals surface area contributed by atoms with E-state index in [-0.39, 0.29) is 5.41 Å². The molecule has 2 aliphatic rings. The van der Waals surface area contributed by atoms with E-state index in [1.54, 1.807) is 0 Å². The fourth-order valence-electron chi connectivity index (χ4n) is 6.62. The highest BCUT2D eigenvalue weighted by Crippen LogP contribution is 2.56. The van der Waals surface area contributed by atoms with Crippen molar-refractivity contribution in [2.24, 2.45) is 0 Å². The van der Waals surface area contributed by atoms with Crippen molar-refractivity contribution in [2.45, 2.75) is 5.41 Å². The molecule has 35 heavy (non-hydrogen) atoms. The Bertz CT molecular complexity index is 1780. The third kappa shape index (κ3) is 2.36. The zero-order valence-corrected chi connectivity index (χ0v) is 19.2. The van der Waals surface area contributed by atoms with Crippen molar-refractivity contribution in [3.8, 4) is 22.3 Å².